The lowest BCUT2D eigenvalue weighted by Crippen LogP contribution is -2.18. The zero-order valence-electron chi connectivity index (χ0n) is 8.41. The molecule has 1 aromatic rings. The van der Waals surface area contributed by atoms with Gasteiger partial charge in [0.05, 0.1) is 12.3 Å². The number of nitrogen functional groups attached to an aromatic ring is 1. The van der Waals surface area contributed by atoms with Crippen LogP contribution in [0.25, 0.3) is 0 Å². The monoisotopic (exact) mass is 237 g/mol. The van der Waals surface area contributed by atoms with E-state index in [4.69, 9.17) is 5.73 Å². The third kappa shape index (κ3) is 3.14. The summed E-state index contributed by atoms with van der Waals surface area (Å²) >= 11 is 0. The molecule has 0 spiro atoms. The number of nitrogens with two attached hydrogens (primary N) is 1. The topological polar surface area (TPSA) is 70.1 Å². The minimum atomic E-state index is -4.41. The number of alkyl halides is 3. The van der Waals surface area contributed by atoms with Crippen molar-refractivity contribution in [2.75, 3.05) is 12.3 Å². The van der Waals surface area contributed by atoms with E-state index in [9.17, 15) is 18.0 Å². The Bertz CT molecular complexity index is 386. The number of esters is 1. The van der Waals surface area contributed by atoms with Gasteiger partial charge in [0.1, 0.15) is 6.54 Å². The number of carbonyl (C=O) groups excluding carboxylic acids is 1. The lowest BCUT2D eigenvalue weighted by Gasteiger charge is -2.05. The predicted molar refractivity (Wildman–Crippen MR) is 48.7 cm³/mol. The molecule has 8 heteroatoms. The third-order valence-corrected chi connectivity index (χ3v) is 1.60. The van der Waals surface area contributed by atoms with Crippen LogP contribution in [0.4, 0.5) is 18.9 Å². The number of hydrogen-bond acceptors (Lipinski definition) is 4. The van der Waals surface area contributed by atoms with Gasteiger partial charge in [-0.15, -0.1) is 0 Å². The van der Waals surface area contributed by atoms with Gasteiger partial charge in [0, 0.05) is 6.20 Å². The Labute approximate surface area is 89.0 Å². The number of halogens is 3. The van der Waals surface area contributed by atoms with E-state index >= 15 is 0 Å². The maximum Gasteiger partial charge on any atom is 0.408 e. The predicted octanol–water partition coefficient (Wildman–Crippen LogP) is 1.20. The molecule has 0 radical (unpaired) electrons. The van der Waals surface area contributed by atoms with E-state index in [2.05, 4.69) is 9.84 Å². The lowest BCUT2D eigenvalue weighted by atomic mass is 10.4. The van der Waals surface area contributed by atoms with E-state index in [0.29, 0.717) is 4.68 Å². The van der Waals surface area contributed by atoms with Gasteiger partial charge in [0.25, 0.3) is 0 Å². The standard InChI is InChI=1S/C8H10F3N3O2/c1-2-16-7(15)6-5(12)3-14(13-6)4-8(9,10)11/h3H,2,4,12H2,1H3. The summed E-state index contributed by atoms with van der Waals surface area (Å²) in [6.45, 7) is 0.377. The van der Waals surface area contributed by atoms with Crippen molar-refractivity contribution in [2.45, 2.75) is 19.6 Å². The van der Waals surface area contributed by atoms with Crippen LogP contribution in [0.3, 0.4) is 0 Å². The molecule has 0 atom stereocenters. The Morgan fingerprint density at radius 3 is 2.75 bits per heavy atom. The van der Waals surface area contributed by atoms with Crippen molar-refractivity contribution in [2.24, 2.45) is 0 Å². The molecular formula is C8H10F3N3O2. The highest BCUT2D eigenvalue weighted by atomic mass is 19.4. The van der Waals surface area contributed by atoms with Crippen LogP contribution in [0.2, 0.25) is 0 Å². The van der Waals surface area contributed by atoms with Gasteiger partial charge in [-0.25, -0.2) is 4.79 Å². The van der Waals surface area contributed by atoms with Crippen molar-refractivity contribution in [1.82, 2.24) is 9.78 Å². The molecule has 90 valence electrons. The Morgan fingerprint density at radius 1 is 1.62 bits per heavy atom. The van der Waals surface area contributed by atoms with Crippen LogP contribution < -0.4 is 5.73 Å². The summed E-state index contributed by atoms with van der Waals surface area (Å²) in [5.41, 5.74) is 4.90. The summed E-state index contributed by atoms with van der Waals surface area (Å²) in [5, 5.41) is 3.41. The summed E-state index contributed by atoms with van der Waals surface area (Å²) in [6, 6.07) is 0. The largest absolute Gasteiger partial charge is 0.461 e. The first-order valence-corrected chi connectivity index (χ1v) is 4.40. The van der Waals surface area contributed by atoms with Gasteiger partial charge in [-0.2, -0.15) is 18.3 Å². The quantitative estimate of drug-likeness (QED) is 0.802. The zero-order valence-corrected chi connectivity index (χ0v) is 8.41. The minimum absolute atomic E-state index is 0.102. The summed E-state index contributed by atoms with van der Waals surface area (Å²) in [7, 11) is 0. The highest BCUT2D eigenvalue weighted by Crippen LogP contribution is 2.19. The number of nitrogens with zero attached hydrogens (tertiary/aromatic N) is 2. The number of rotatable bonds is 3. The molecule has 0 fully saturated rings. The first-order chi connectivity index (χ1) is 7.33. The Hall–Kier alpha value is -1.73. The molecule has 0 unspecified atom stereocenters. The number of hydrogen-bond donors (Lipinski definition) is 1. The molecule has 2 N–H and O–H groups in total. The minimum Gasteiger partial charge on any atom is -0.461 e. The first-order valence-electron chi connectivity index (χ1n) is 4.40. The molecule has 0 saturated carbocycles. The highest BCUT2D eigenvalue weighted by Gasteiger charge is 2.29. The van der Waals surface area contributed by atoms with E-state index in [-0.39, 0.29) is 18.0 Å². The Balaban J connectivity index is 2.86. The molecule has 1 rings (SSSR count). The normalized spacial score (nSPS) is 11.5. The van der Waals surface area contributed by atoms with Crippen molar-refractivity contribution in [3.05, 3.63) is 11.9 Å². The Morgan fingerprint density at radius 2 is 2.25 bits per heavy atom. The molecule has 0 aromatic carbocycles. The summed E-state index contributed by atoms with van der Waals surface area (Å²) in [6.07, 6.45) is -3.47. The number of anilines is 1. The van der Waals surface area contributed by atoms with E-state index in [0.717, 1.165) is 6.20 Å². The first kappa shape index (κ1) is 12.3. The van der Waals surface area contributed by atoms with E-state index in [1.807, 2.05) is 0 Å². The van der Waals surface area contributed by atoms with Crippen molar-refractivity contribution < 1.29 is 22.7 Å². The van der Waals surface area contributed by atoms with Crippen LogP contribution in [0.15, 0.2) is 6.20 Å². The van der Waals surface area contributed by atoms with Crippen LogP contribution in [0.1, 0.15) is 17.4 Å². The lowest BCUT2D eigenvalue weighted by molar-refractivity contribution is -0.142. The van der Waals surface area contributed by atoms with Gasteiger partial charge < -0.3 is 10.5 Å². The van der Waals surface area contributed by atoms with Gasteiger partial charge in [0.2, 0.25) is 0 Å². The fourth-order valence-corrected chi connectivity index (χ4v) is 1.06. The van der Waals surface area contributed by atoms with Gasteiger partial charge in [-0.05, 0) is 6.92 Å². The summed E-state index contributed by atoms with van der Waals surface area (Å²) < 4.78 is 41.2. The average molecular weight is 237 g/mol. The summed E-state index contributed by atoms with van der Waals surface area (Å²) in [4.78, 5) is 11.2. The second kappa shape index (κ2) is 4.42. The second-order valence-electron chi connectivity index (χ2n) is 2.97. The van der Waals surface area contributed by atoms with Crippen molar-refractivity contribution in [3.8, 4) is 0 Å². The number of carbonyl (C=O) groups is 1. The fraction of sp³-hybridized carbons (Fsp3) is 0.500. The molecule has 0 amide bonds. The average Bonchev–Trinajstić information content (AvgIpc) is 2.44. The maximum atomic E-state index is 12.0. The van der Waals surface area contributed by atoms with Gasteiger partial charge >= 0.3 is 12.1 Å². The highest BCUT2D eigenvalue weighted by molar-refractivity contribution is 5.92. The van der Waals surface area contributed by atoms with Crippen molar-refractivity contribution in [1.29, 1.82) is 0 Å². The van der Waals surface area contributed by atoms with Crippen LogP contribution in [-0.4, -0.2) is 28.5 Å². The summed E-state index contributed by atoms with van der Waals surface area (Å²) in [5.74, 6) is -0.832. The van der Waals surface area contributed by atoms with E-state index in [1.54, 1.807) is 6.92 Å². The molecule has 5 nitrogen and oxygen atoms in total. The molecule has 0 aliphatic heterocycles. The van der Waals surface area contributed by atoms with Crippen LogP contribution in [0, 0.1) is 0 Å². The molecule has 0 bridgehead atoms. The van der Waals surface area contributed by atoms with Crippen molar-refractivity contribution >= 4 is 11.7 Å². The molecular weight excluding hydrogens is 227 g/mol. The molecule has 0 aliphatic carbocycles. The van der Waals surface area contributed by atoms with Crippen LogP contribution >= 0.6 is 0 Å². The maximum absolute atomic E-state index is 12.0. The second-order valence-corrected chi connectivity index (χ2v) is 2.97. The molecule has 1 heterocycles. The Kier molecular flexibility index (Phi) is 3.41. The smallest absolute Gasteiger partial charge is 0.408 e. The van der Waals surface area contributed by atoms with Gasteiger partial charge in [-0.3, -0.25) is 4.68 Å². The van der Waals surface area contributed by atoms with E-state index in [1.165, 1.54) is 0 Å². The molecule has 0 saturated heterocycles. The van der Waals surface area contributed by atoms with Crippen molar-refractivity contribution in [3.63, 3.8) is 0 Å². The molecule has 16 heavy (non-hydrogen) atoms. The molecule has 0 aliphatic rings. The zero-order chi connectivity index (χ0) is 12.3. The van der Waals surface area contributed by atoms with Gasteiger partial charge in [0.15, 0.2) is 5.69 Å². The third-order valence-electron chi connectivity index (χ3n) is 1.60. The fourth-order valence-electron chi connectivity index (χ4n) is 1.06. The SMILES string of the molecule is CCOC(=O)c1nn(CC(F)(F)F)cc1N. The van der Waals surface area contributed by atoms with Crippen LogP contribution in [0.5, 0.6) is 0 Å². The van der Waals surface area contributed by atoms with Crippen LogP contribution in [-0.2, 0) is 11.3 Å². The van der Waals surface area contributed by atoms with Gasteiger partial charge in [-0.1, -0.05) is 0 Å². The number of ether oxygens (including phenoxy) is 1. The molecule has 1 aromatic heterocycles. The van der Waals surface area contributed by atoms with E-state index < -0.39 is 18.7 Å². The number of aromatic nitrogens is 2.